The average molecular weight is 467 g/mol. The van der Waals surface area contributed by atoms with Crippen LogP contribution in [0.15, 0.2) is 23.3 Å². The summed E-state index contributed by atoms with van der Waals surface area (Å²) in [4.78, 5) is 12.1. The summed E-state index contributed by atoms with van der Waals surface area (Å²) in [5.74, 6) is 1.89. The Labute approximate surface area is 192 Å². The van der Waals surface area contributed by atoms with Gasteiger partial charge in [-0.05, 0) is 85.7 Å². The number of aliphatic hydroxyl groups excluding tert-OH is 2. The fourth-order valence-corrected chi connectivity index (χ4v) is 8.71. The molecule has 4 aliphatic rings. The summed E-state index contributed by atoms with van der Waals surface area (Å²) < 4.78 is 24.5. The molecule has 8 unspecified atom stereocenters. The average Bonchev–Trinajstić information content (AvgIpc) is 3.02. The zero-order valence-electron chi connectivity index (χ0n) is 19.9. The second-order valence-electron chi connectivity index (χ2n) is 10.9. The van der Waals surface area contributed by atoms with E-state index in [1.807, 2.05) is 13.0 Å². The Morgan fingerprint density at radius 3 is 2.66 bits per heavy atom. The Bertz CT molecular complexity index is 864. The predicted octanol–water partition coefficient (Wildman–Crippen LogP) is 4.65. The molecule has 0 radical (unpaired) electrons. The van der Waals surface area contributed by atoms with Crippen molar-refractivity contribution < 1.29 is 28.6 Å². The van der Waals surface area contributed by atoms with Gasteiger partial charge in [0.05, 0.1) is 19.3 Å². The molecule has 32 heavy (non-hydrogen) atoms. The number of rotatable bonds is 6. The van der Waals surface area contributed by atoms with E-state index in [1.165, 1.54) is 17.8 Å². The first-order valence-corrected chi connectivity index (χ1v) is 14.1. The number of allylic oxidation sites excluding steroid dienone is 2. The van der Waals surface area contributed by atoms with Crippen molar-refractivity contribution >= 4 is 13.4 Å². The lowest BCUT2D eigenvalue weighted by molar-refractivity contribution is -0.117. The maximum absolute atomic E-state index is 13.0. The van der Waals surface area contributed by atoms with Crippen molar-refractivity contribution in [2.45, 2.75) is 77.9 Å². The van der Waals surface area contributed by atoms with Crippen LogP contribution in [0.3, 0.4) is 0 Å². The molecular weight excluding hydrogens is 427 g/mol. The minimum atomic E-state index is -3.38. The number of carbonyl (C=O) groups is 1. The maximum Gasteiger partial charge on any atom is 0.328 e. The molecule has 4 rings (SSSR count). The van der Waals surface area contributed by atoms with E-state index in [9.17, 15) is 14.5 Å². The highest BCUT2D eigenvalue weighted by Gasteiger charge is 2.60. The number of fused-ring (bicyclic) bond motifs is 5. The number of ketones is 1. The highest BCUT2D eigenvalue weighted by molar-refractivity contribution is 7.53. The fraction of sp³-hybridized carbons (Fsp3) is 0.800. The van der Waals surface area contributed by atoms with Gasteiger partial charge in [-0.2, -0.15) is 0 Å². The van der Waals surface area contributed by atoms with Gasteiger partial charge >= 0.3 is 7.60 Å². The molecule has 180 valence electrons. The lowest BCUT2D eigenvalue weighted by atomic mass is 9.47. The van der Waals surface area contributed by atoms with E-state index in [1.54, 1.807) is 0 Å². The van der Waals surface area contributed by atoms with Gasteiger partial charge in [-0.15, -0.1) is 0 Å². The maximum atomic E-state index is 13.0. The molecule has 0 aliphatic heterocycles. The Balaban J connectivity index is 1.55. The Morgan fingerprint density at radius 2 is 1.97 bits per heavy atom. The highest BCUT2D eigenvalue weighted by Crippen LogP contribution is 2.67. The zero-order chi connectivity index (χ0) is 23.3. The van der Waals surface area contributed by atoms with Gasteiger partial charge in [0, 0.05) is 13.1 Å². The molecule has 2 N–H and O–H groups in total. The molecule has 7 heteroatoms. The standard InChI is InChI=1S/C25H39O6P/c1-5-20-23(31-32(4,29)30-15-18(28)14-26)13-22-19-7-6-16-12-17(27)8-10-24(16,2)21(19)9-11-25(20,22)3/h5,12,18-19,21-23,26,28H,6-11,13-15H2,1-4H3/b20-5+. The van der Waals surface area contributed by atoms with E-state index in [2.05, 4.69) is 19.9 Å². The second kappa shape index (κ2) is 8.78. The molecule has 0 amide bonds. The molecule has 0 aromatic carbocycles. The second-order valence-corrected chi connectivity index (χ2v) is 12.9. The first kappa shape index (κ1) is 24.3. The van der Waals surface area contributed by atoms with E-state index >= 15 is 0 Å². The van der Waals surface area contributed by atoms with Crippen LogP contribution in [0.25, 0.3) is 0 Å². The zero-order valence-corrected chi connectivity index (χ0v) is 20.8. The van der Waals surface area contributed by atoms with Crippen molar-refractivity contribution in [3.8, 4) is 0 Å². The lowest BCUT2D eigenvalue weighted by Crippen LogP contribution is -2.49. The summed E-state index contributed by atoms with van der Waals surface area (Å²) in [5, 5.41) is 18.6. The van der Waals surface area contributed by atoms with E-state index < -0.39 is 20.3 Å². The van der Waals surface area contributed by atoms with E-state index in [0.717, 1.165) is 38.5 Å². The Kier molecular flexibility index (Phi) is 6.68. The van der Waals surface area contributed by atoms with Crippen molar-refractivity contribution in [1.29, 1.82) is 0 Å². The molecule has 0 heterocycles. The largest absolute Gasteiger partial charge is 0.394 e. The summed E-state index contributed by atoms with van der Waals surface area (Å²) in [5.41, 5.74) is 2.73. The van der Waals surface area contributed by atoms with Crippen LogP contribution in [0.5, 0.6) is 0 Å². The summed E-state index contributed by atoms with van der Waals surface area (Å²) in [7, 11) is -3.38. The summed E-state index contributed by atoms with van der Waals surface area (Å²) in [6.45, 7) is 7.58. The molecule has 0 bridgehead atoms. The van der Waals surface area contributed by atoms with Crippen LogP contribution < -0.4 is 0 Å². The first-order chi connectivity index (χ1) is 15.0. The normalized spacial score (nSPS) is 43.1. The Morgan fingerprint density at radius 1 is 1.22 bits per heavy atom. The quantitative estimate of drug-likeness (QED) is 0.437. The van der Waals surface area contributed by atoms with E-state index in [0.29, 0.717) is 24.2 Å². The minimum absolute atomic E-state index is 0.0211. The van der Waals surface area contributed by atoms with Gasteiger partial charge in [0.1, 0.15) is 6.10 Å². The van der Waals surface area contributed by atoms with E-state index in [-0.39, 0.29) is 29.3 Å². The molecule has 0 aromatic rings. The van der Waals surface area contributed by atoms with Crippen molar-refractivity contribution in [3.63, 3.8) is 0 Å². The smallest absolute Gasteiger partial charge is 0.328 e. The van der Waals surface area contributed by atoms with Gasteiger partial charge in [0.15, 0.2) is 5.78 Å². The monoisotopic (exact) mass is 466 g/mol. The van der Waals surface area contributed by atoms with Crippen molar-refractivity contribution in [3.05, 3.63) is 23.3 Å². The lowest BCUT2D eigenvalue weighted by Gasteiger charge is -2.57. The molecule has 3 saturated carbocycles. The molecule has 3 fully saturated rings. The van der Waals surface area contributed by atoms with Crippen LogP contribution in [-0.2, 0) is 18.4 Å². The van der Waals surface area contributed by atoms with Gasteiger partial charge in [-0.25, -0.2) is 0 Å². The molecule has 0 spiro atoms. The molecule has 0 saturated heterocycles. The van der Waals surface area contributed by atoms with Crippen LogP contribution in [0, 0.1) is 28.6 Å². The third-order valence-electron chi connectivity index (χ3n) is 9.17. The van der Waals surface area contributed by atoms with Crippen molar-refractivity contribution in [1.82, 2.24) is 0 Å². The molecule has 4 aliphatic carbocycles. The van der Waals surface area contributed by atoms with Crippen LogP contribution in [0.4, 0.5) is 0 Å². The van der Waals surface area contributed by atoms with Crippen LogP contribution in [-0.4, -0.2) is 48.1 Å². The topological polar surface area (TPSA) is 93.1 Å². The van der Waals surface area contributed by atoms with Crippen molar-refractivity contribution in [2.75, 3.05) is 19.9 Å². The van der Waals surface area contributed by atoms with Gasteiger partial charge in [-0.3, -0.25) is 9.36 Å². The van der Waals surface area contributed by atoms with Crippen LogP contribution in [0.2, 0.25) is 0 Å². The van der Waals surface area contributed by atoms with Crippen LogP contribution in [0.1, 0.15) is 65.7 Å². The minimum Gasteiger partial charge on any atom is -0.394 e. The molecule has 6 nitrogen and oxygen atoms in total. The number of hydrogen-bond donors (Lipinski definition) is 2. The fourth-order valence-electron chi connectivity index (χ4n) is 7.55. The third-order valence-corrected chi connectivity index (χ3v) is 10.4. The first-order valence-electron chi connectivity index (χ1n) is 12.1. The van der Waals surface area contributed by atoms with Gasteiger partial charge in [0.25, 0.3) is 0 Å². The number of carbonyl (C=O) groups excluding carboxylic acids is 1. The van der Waals surface area contributed by atoms with Gasteiger partial charge < -0.3 is 19.3 Å². The summed E-state index contributed by atoms with van der Waals surface area (Å²) >= 11 is 0. The number of hydrogen-bond acceptors (Lipinski definition) is 6. The van der Waals surface area contributed by atoms with E-state index in [4.69, 9.17) is 14.2 Å². The van der Waals surface area contributed by atoms with Crippen molar-refractivity contribution in [2.24, 2.45) is 28.6 Å². The van der Waals surface area contributed by atoms with Gasteiger partial charge in [-0.1, -0.05) is 25.5 Å². The van der Waals surface area contributed by atoms with Crippen LogP contribution >= 0.6 is 7.60 Å². The third kappa shape index (κ3) is 4.11. The summed E-state index contributed by atoms with van der Waals surface area (Å²) in [6, 6.07) is 0. The molecular formula is C25H39O6P. The van der Waals surface area contributed by atoms with Gasteiger partial charge in [0.2, 0.25) is 0 Å². The Hall–Kier alpha value is -0.780. The SMILES string of the molecule is C/C=C1\C(OP(C)(=O)OCC(O)CO)CC2C3CCC4=CC(=O)CCC4(C)C3CCC12C. The summed E-state index contributed by atoms with van der Waals surface area (Å²) in [6.07, 6.45) is 9.54. The molecule has 8 atom stereocenters. The molecule has 0 aromatic heterocycles. The predicted molar refractivity (Wildman–Crippen MR) is 123 cm³/mol. The number of aliphatic hydroxyl groups is 2. The highest BCUT2D eigenvalue weighted by atomic mass is 31.2.